The largest absolute Gasteiger partial charge is 0.446 e. The molecule has 0 saturated heterocycles. The van der Waals surface area contributed by atoms with Gasteiger partial charge in [0.1, 0.15) is 5.84 Å². The topological polar surface area (TPSA) is 50.4 Å². The highest BCUT2D eigenvalue weighted by Gasteiger charge is 2.07. The molecule has 4 heteroatoms. The summed E-state index contributed by atoms with van der Waals surface area (Å²) in [4.78, 5) is 8.55. The lowest BCUT2D eigenvalue weighted by Gasteiger charge is -2.04. The molecule has 2 aromatic rings. The van der Waals surface area contributed by atoms with E-state index in [0.29, 0.717) is 5.71 Å². The van der Waals surface area contributed by atoms with Gasteiger partial charge in [-0.05, 0) is 18.6 Å². The molecule has 2 aromatic heterocycles. The van der Waals surface area contributed by atoms with Crippen molar-refractivity contribution in [2.45, 2.75) is 12.8 Å². The number of nitrogens with one attached hydrogen (secondary N) is 1. The summed E-state index contributed by atoms with van der Waals surface area (Å²) in [5.41, 5.74) is 1.65. The van der Waals surface area contributed by atoms with Crippen molar-refractivity contribution in [2.24, 2.45) is 4.99 Å². The number of hydrogen-bond donors (Lipinski definition) is 1. The molecule has 0 spiro atoms. The summed E-state index contributed by atoms with van der Waals surface area (Å²) in [5, 5.41) is 4.28. The summed E-state index contributed by atoms with van der Waals surface area (Å²) >= 11 is 0. The van der Waals surface area contributed by atoms with Crippen LogP contribution in [-0.4, -0.2) is 17.4 Å². The van der Waals surface area contributed by atoms with Gasteiger partial charge in [0.05, 0.1) is 18.1 Å². The van der Waals surface area contributed by atoms with Crippen molar-refractivity contribution < 1.29 is 4.42 Å². The van der Waals surface area contributed by atoms with Crippen molar-refractivity contribution >= 4 is 22.6 Å². The van der Waals surface area contributed by atoms with Crippen LogP contribution in [0.4, 0.5) is 5.69 Å². The molecule has 1 N–H and O–H groups in total. The normalized spacial score (nSPS) is 15.6. The van der Waals surface area contributed by atoms with E-state index in [1.165, 1.54) is 0 Å². The zero-order valence-corrected chi connectivity index (χ0v) is 8.23. The third kappa shape index (κ3) is 1.58. The smallest absolute Gasteiger partial charge is 0.225 e. The fraction of sp³-hybridized carbons (Fsp3) is 0.273. The van der Waals surface area contributed by atoms with Gasteiger partial charge in [0.15, 0.2) is 0 Å². The fourth-order valence-corrected chi connectivity index (χ4v) is 1.74. The first-order chi connectivity index (χ1) is 7.42. The Kier molecular flexibility index (Phi) is 1.91. The first-order valence-electron chi connectivity index (χ1n) is 5.05. The van der Waals surface area contributed by atoms with Crippen LogP contribution in [0.5, 0.6) is 0 Å². The van der Waals surface area contributed by atoms with Gasteiger partial charge in [0.2, 0.25) is 5.71 Å². The molecule has 1 aliphatic heterocycles. The molecule has 15 heavy (non-hydrogen) atoms. The Morgan fingerprint density at radius 1 is 1.40 bits per heavy atom. The fourth-order valence-electron chi connectivity index (χ4n) is 1.74. The summed E-state index contributed by atoms with van der Waals surface area (Å²) in [6.45, 7) is 0.934. The predicted molar refractivity (Wildman–Crippen MR) is 59.2 cm³/mol. The highest BCUT2D eigenvalue weighted by Crippen LogP contribution is 2.18. The van der Waals surface area contributed by atoms with Crippen LogP contribution in [0.1, 0.15) is 12.8 Å². The van der Waals surface area contributed by atoms with Crippen LogP contribution in [0, 0.1) is 0 Å². The Labute approximate surface area is 87.0 Å². The van der Waals surface area contributed by atoms with Crippen LogP contribution in [0.25, 0.3) is 11.1 Å². The van der Waals surface area contributed by atoms with Gasteiger partial charge in [-0.2, -0.15) is 0 Å². The van der Waals surface area contributed by atoms with Gasteiger partial charge in [-0.15, -0.1) is 0 Å². The summed E-state index contributed by atoms with van der Waals surface area (Å²) in [5.74, 6) is 1.06. The molecule has 0 amide bonds. The molecule has 3 rings (SSSR count). The Balaban J connectivity index is 1.90. The summed E-state index contributed by atoms with van der Waals surface area (Å²) < 4.78 is 5.17. The molecule has 0 fully saturated rings. The summed E-state index contributed by atoms with van der Waals surface area (Å²) in [7, 11) is 0. The zero-order valence-electron chi connectivity index (χ0n) is 8.23. The minimum Gasteiger partial charge on any atom is -0.446 e. The number of hydrogen-bond acceptors (Lipinski definition) is 4. The van der Waals surface area contributed by atoms with E-state index in [-0.39, 0.29) is 0 Å². The quantitative estimate of drug-likeness (QED) is 0.770. The van der Waals surface area contributed by atoms with E-state index >= 15 is 0 Å². The van der Waals surface area contributed by atoms with E-state index in [1.54, 1.807) is 12.5 Å². The van der Waals surface area contributed by atoms with E-state index < -0.39 is 0 Å². The Hall–Kier alpha value is -1.84. The maximum absolute atomic E-state index is 5.17. The highest BCUT2D eigenvalue weighted by atomic mass is 16.3. The van der Waals surface area contributed by atoms with Crippen molar-refractivity contribution in [1.82, 2.24) is 4.98 Å². The molecule has 1 aliphatic rings. The molecule has 0 saturated carbocycles. The van der Waals surface area contributed by atoms with Gasteiger partial charge in [0, 0.05) is 18.4 Å². The minimum atomic E-state index is 0.675. The second-order valence-corrected chi connectivity index (χ2v) is 3.60. The molecule has 0 aromatic carbocycles. The molecule has 0 radical (unpaired) electrons. The van der Waals surface area contributed by atoms with Gasteiger partial charge in [-0.3, -0.25) is 4.99 Å². The Morgan fingerprint density at radius 2 is 2.40 bits per heavy atom. The number of anilines is 1. The molecule has 4 nitrogen and oxygen atoms in total. The van der Waals surface area contributed by atoms with Crippen molar-refractivity contribution in [3.63, 3.8) is 0 Å². The van der Waals surface area contributed by atoms with Gasteiger partial charge in [0.25, 0.3) is 0 Å². The number of nitrogens with zero attached hydrogens (tertiary/aromatic N) is 2. The molecular formula is C11H11N3O. The molecule has 0 bridgehead atoms. The molecule has 76 valence electrons. The standard InChI is InChI=1S/C11H11N3O/c1-2-10(12-4-1)14-9-6-8-3-5-15-11(8)13-7-9/h3,5-7H,1-2,4H2,(H,12,14). The average Bonchev–Trinajstić information content (AvgIpc) is 2.87. The number of fused-ring (bicyclic) bond motifs is 1. The van der Waals surface area contributed by atoms with Crippen molar-refractivity contribution in [3.05, 3.63) is 24.6 Å². The number of aliphatic imine (C=N–C) groups is 1. The average molecular weight is 201 g/mol. The van der Waals surface area contributed by atoms with Crippen LogP contribution >= 0.6 is 0 Å². The van der Waals surface area contributed by atoms with E-state index in [2.05, 4.69) is 15.3 Å². The van der Waals surface area contributed by atoms with Crippen LogP contribution in [-0.2, 0) is 0 Å². The van der Waals surface area contributed by atoms with Gasteiger partial charge < -0.3 is 9.73 Å². The van der Waals surface area contributed by atoms with Gasteiger partial charge in [-0.25, -0.2) is 4.98 Å². The van der Waals surface area contributed by atoms with Crippen LogP contribution < -0.4 is 5.32 Å². The van der Waals surface area contributed by atoms with Gasteiger partial charge in [-0.1, -0.05) is 0 Å². The monoisotopic (exact) mass is 201 g/mol. The summed E-state index contributed by atoms with van der Waals surface area (Å²) in [6, 6.07) is 3.93. The van der Waals surface area contributed by atoms with E-state index in [9.17, 15) is 0 Å². The third-order valence-electron chi connectivity index (χ3n) is 2.47. The zero-order chi connectivity index (χ0) is 10.1. The molecular weight excluding hydrogens is 190 g/mol. The second kappa shape index (κ2) is 3.38. The SMILES string of the molecule is c1cc2cc(NC3=NCCC3)cnc2o1. The number of rotatable bonds is 1. The Morgan fingerprint density at radius 3 is 3.27 bits per heavy atom. The summed E-state index contributed by atoms with van der Waals surface area (Å²) in [6.07, 6.45) is 5.59. The lowest BCUT2D eigenvalue weighted by molar-refractivity contribution is 0.603. The number of furan rings is 1. The third-order valence-corrected chi connectivity index (χ3v) is 2.47. The van der Waals surface area contributed by atoms with Crippen molar-refractivity contribution in [1.29, 1.82) is 0 Å². The number of pyridine rings is 1. The molecule has 0 atom stereocenters. The van der Waals surface area contributed by atoms with Crippen molar-refractivity contribution in [3.8, 4) is 0 Å². The van der Waals surface area contributed by atoms with Gasteiger partial charge >= 0.3 is 0 Å². The minimum absolute atomic E-state index is 0.675. The van der Waals surface area contributed by atoms with E-state index in [1.807, 2.05) is 12.1 Å². The second-order valence-electron chi connectivity index (χ2n) is 3.60. The van der Waals surface area contributed by atoms with Crippen LogP contribution in [0.2, 0.25) is 0 Å². The lowest BCUT2D eigenvalue weighted by Crippen LogP contribution is -2.08. The lowest BCUT2D eigenvalue weighted by atomic mass is 10.3. The highest BCUT2D eigenvalue weighted by molar-refractivity contribution is 5.97. The maximum atomic E-state index is 5.17. The maximum Gasteiger partial charge on any atom is 0.225 e. The van der Waals surface area contributed by atoms with Crippen LogP contribution in [0.3, 0.4) is 0 Å². The first kappa shape index (κ1) is 8.47. The van der Waals surface area contributed by atoms with E-state index in [4.69, 9.17) is 4.42 Å². The van der Waals surface area contributed by atoms with Crippen LogP contribution in [0.15, 0.2) is 34.0 Å². The molecule has 0 unspecified atom stereocenters. The molecule has 0 aliphatic carbocycles. The predicted octanol–water partition coefficient (Wildman–Crippen LogP) is 2.43. The number of amidine groups is 1. The first-order valence-corrected chi connectivity index (χ1v) is 5.05. The van der Waals surface area contributed by atoms with E-state index in [0.717, 1.165) is 36.3 Å². The Bertz CT molecular complexity index is 515. The number of aromatic nitrogens is 1. The molecule has 3 heterocycles. The van der Waals surface area contributed by atoms with Crippen molar-refractivity contribution in [2.75, 3.05) is 11.9 Å².